The normalized spacial score (nSPS) is 10.5. The van der Waals surface area contributed by atoms with Gasteiger partial charge in [-0.1, -0.05) is 11.6 Å². The van der Waals surface area contributed by atoms with Crippen molar-refractivity contribution >= 4 is 27.5 Å². The summed E-state index contributed by atoms with van der Waals surface area (Å²) < 4.78 is 6.16. The fourth-order valence-electron chi connectivity index (χ4n) is 0.652. The van der Waals surface area contributed by atoms with E-state index in [1.54, 1.807) is 18.5 Å². The zero-order valence-corrected chi connectivity index (χ0v) is 8.55. The van der Waals surface area contributed by atoms with E-state index < -0.39 is 0 Å². The first-order valence-electron chi connectivity index (χ1n) is 3.31. The highest BCUT2D eigenvalue weighted by Crippen LogP contribution is 2.15. The lowest BCUT2D eigenvalue weighted by molar-refractivity contribution is 0.361. The third kappa shape index (κ3) is 3.24. The maximum absolute atomic E-state index is 5.31. The third-order valence-electron chi connectivity index (χ3n) is 1.12. The standard InChI is InChI=1S/C8H7BrClNO/c9-7-4-8(6-11-5-7)12-3-1-2-10/h1-2,4-6H,3H2/b2-1+. The molecule has 0 aromatic carbocycles. The molecule has 2 nitrogen and oxygen atoms in total. The van der Waals surface area contributed by atoms with Crippen LogP contribution in [-0.2, 0) is 0 Å². The Morgan fingerprint density at radius 2 is 2.42 bits per heavy atom. The summed E-state index contributed by atoms with van der Waals surface area (Å²) in [6.45, 7) is 0.460. The van der Waals surface area contributed by atoms with Crippen LogP contribution in [0.4, 0.5) is 0 Å². The number of pyridine rings is 1. The largest absolute Gasteiger partial charge is 0.488 e. The molecule has 1 rings (SSSR count). The van der Waals surface area contributed by atoms with Crippen LogP contribution in [0.2, 0.25) is 0 Å². The van der Waals surface area contributed by atoms with Gasteiger partial charge in [0, 0.05) is 16.2 Å². The molecule has 1 heterocycles. The molecule has 0 radical (unpaired) electrons. The molecule has 1 aromatic heterocycles. The van der Waals surface area contributed by atoms with Gasteiger partial charge >= 0.3 is 0 Å². The second-order valence-corrected chi connectivity index (χ2v) is 3.18. The maximum atomic E-state index is 5.31. The minimum atomic E-state index is 0.460. The lowest BCUT2D eigenvalue weighted by Crippen LogP contribution is -1.93. The lowest BCUT2D eigenvalue weighted by atomic mass is 10.5. The predicted octanol–water partition coefficient (Wildman–Crippen LogP) is 2.98. The van der Waals surface area contributed by atoms with Crippen LogP contribution in [0.1, 0.15) is 0 Å². The van der Waals surface area contributed by atoms with Gasteiger partial charge in [-0.2, -0.15) is 0 Å². The Morgan fingerprint density at radius 3 is 3.08 bits per heavy atom. The summed E-state index contributed by atoms with van der Waals surface area (Å²) in [5.41, 5.74) is 1.42. The van der Waals surface area contributed by atoms with Gasteiger partial charge in [-0.15, -0.1) is 0 Å². The smallest absolute Gasteiger partial charge is 0.139 e. The van der Waals surface area contributed by atoms with E-state index in [1.807, 2.05) is 6.07 Å². The number of rotatable bonds is 3. The number of aromatic nitrogens is 1. The van der Waals surface area contributed by atoms with Crippen molar-refractivity contribution in [2.24, 2.45) is 0 Å². The highest BCUT2D eigenvalue weighted by Gasteiger charge is 1.92. The van der Waals surface area contributed by atoms with E-state index >= 15 is 0 Å². The van der Waals surface area contributed by atoms with Crippen molar-refractivity contribution in [3.8, 4) is 5.75 Å². The molecule has 0 saturated heterocycles. The molecule has 0 N–H and O–H groups in total. The maximum Gasteiger partial charge on any atom is 0.139 e. The van der Waals surface area contributed by atoms with E-state index in [1.165, 1.54) is 5.54 Å². The molecule has 4 heteroatoms. The van der Waals surface area contributed by atoms with Gasteiger partial charge in [0.25, 0.3) is 0 Å². The van der Waals surface area contributed by atoms with E-state index in [-0.39, 0.29) is 0 Å². The van der Waals surface area contributed by atoms with Crippen LogP contribution in [0.3, 0.4) is 0 Å². The van der Waals surface area contributed by atoms with Gasteiger partial charge in [0.05, 0.1) is 6.20 Å². The predicted molar refractivity (Wildman–Crippen MR) is 52.4 cm³/mol. The van der Waals surface area contributed by atoms with Crippen molar-refractivity contribution < 1.29 is 4.74 Å². The summed E-state index contributed by atoms with van der Waals surface area (Å²) in [5, 5.41) is 0. The van der Waals surface area contributed by atoms with Crippen molar-refractivity contribution in [3.05, 3.63) is 34.5 Å². The second-order valence-electron chi connectivity index (χ2n) is 2.01. The molecule has 0 aliphatic carbocycles. The minimum Gasteiger partial charge on any atom is -0.488 e. The average Bonchev–Trinajstić information content (AvgIpc) is 2.05. The van der Waals surface area contributed by atoms with Gasteiger partial charge in [-0.05, 0) is 28.1 Å². The van der Waals surface area contributed by atoms with Crippen molar-refractivity contribution in [2.45, 2.75) is 0 Å². The van der Waals surface area contributed by atoms with Crippen molar-refractivity contribution in [1.82, 2.24) is 4.98 Å². The first-order chi connectivity index (χ1) is 5.83. The summed E-state index contributed by atoms with van der Waals surface area (Å²) in [6.07, 6.45) is 5.06. The van der Waals surface area contributed by atoms with Crippen LogP contribution in [0.25, 0.3) is 0 Å². The van der Waals surface area contributed by atoms with Crippen LogP contribution in [-0.4, -0.2) is 11.6 Å². The molecule has 0 bridgehead atoms. The molecule has 0 saturated carbocycles. The van der Waals surface area contributed by atoms with Gasteiger partial charge in [-0.25, -0.2) is 0 Å². The highest BCUT2D eigenvalue weighted by molar-refractivity contribution is 9.10. The monoisotopic (exact) mass is 247 g/mol. The second kappa shape index (κ2) is 5.17. The van der Waals surface area contributed by atoms with Crippen molar-refractivity contribution in [3.63, 3.8) is 0 Å². The Bertz CT molecular complexity index is 278. The minimum absolute atomic E-state index is 0.460. The third-order valence-corrected chi connectivity index (χ3v) is 1.73. The molecular weight excluding hydrogens is 241 g/mol. The van der Waals surface area contributed by atoms with Crippen LogP contribution in [0.15, 0.2) is 34.5 Å². The van der Waals surface area contributed by atoms with Gasteiger partial charge in [0.2, 0.25) is 0 Å². The molecule has 0 unspecified atom stereocenters. The molecular formula is C8H7BrClNO. The molecule has 12 heavy (non-hydrogen) atoms. The highest BCUT2D eigenvalue weighted by atomic mass is 79.9. The summed E-state index contributed by atoms with van der Waals surface area (Å²) in [4.78, 5) is 3.93. The fourth-order valence-corrected chi connectivity index (χ4v) is 1.07. The van der Waals surface area contributed by atoms with Gasteiger partial charge in [-0.3, -0.25) is 4.98 Å². The molecule has 0 fully saturated rings. The van der Waals surface area contributed by atoms with Crippen LogP contribution in [0, 0.1) is 0 Å². The molecule has 0 aliphatic rings. The molecule has 0 amide bonds. The molecule has 64 valence electrons. The molecule has 1 aromatic rings. The first-order valence-corrected chi connectivity index (χ1v) is 4.54. The van der Waals surface area contributed by atoms with Crippen molar-refractivity contribution in [1.29, 1.82) is 0 Å². The van der Waals surface area contributed by atoms with Gasteiger partial charge in [0.1, 0.15) is 12.4 Å². The average molecular weight is 249 g/mol. The molecule has 0 spiro atoms. The van der Waals surface area contributed by atoms with E-state index in [2.05, 4.69) is 20.9 Å². The fraction of sp³-hybridized carbons (Fsp3) is 0.125. The summed E-state index contributed by atoms with van der Waals surface area (Å²) in [5.74, 6) is 0.721. The van der Waals surface area contributed by atoms with E-state index in [9.17, 15) is 0 Å². The summed E-state index contributed by atoms with van der Waals surface area (Å²) in [7, 11) is 0. The Morgan fingerprint density at radius 1 is 1.58 bits per heavy atom. The van der Waals surface area contributed by atoms with Crippen LogP contribution < -0.4 is 4.74 Å². The quantitative estimate of drug-likeness (QED) is 0.820. The summed E-state index contributed by atoms with van der Waals surface area (Å²) >= 11 is 8.60. The number of hydrogen-bond acceptors (Lipinski definition) is 2. The van der Waals surface area contributed by atoms with Crippen LogP contribution in [0.5, 0.6) is 5.75 Å². The van der Waals surface area contributed by atoms with E-state index in [4.69, 9.17) is 16.3 Å². The number of halogens is 2. The van der Waals surface area contributed by atoms with Gasteiger partial charge < -0.3 is 4.74 Å². The topological polar surface area (TPSA) is 22.1 Å². The van der Waals surface area contributed by atoms with Crippen molar-refractivity contribution in [2.75, 3.05) is 6.61 Å². The Labute approximate surface area is 84.3 Å². The van der Waals surface area contributed by atoms with E-state index in [0.29, 0.717) is 6.61 Å². The molecule has 0 aliphatic heterocycles. The SMILES string of the molecule is Cl/C=C/COc1cncc(Br)c1. The molecule has 0 atom stereocenters. The Hall–Kier alpha value is -0.540. The Kier molecular flexibility index (Phi) is 4.11. The zero-order valence-electron chi connectivity index (χ0n) is 6.21. The van der Waals surface area contributed by atoms with Crippen LogP contribution >= 0.6 is 27.5 Å². The number of nitrogens with zero attached hydrogens (tertiary/aromatic N) is 1. The Balaban J connectivity index is 2.52. The lowest BCUT2D eigenvalue weighted by Gasteiger charge is -2.01. The summed E-state index contributed by atoms with van der Waals surface area (Å²) in [6, 6.07) is 1.84. The zero-order chi connectivity index (χ0) is 8.81. The first kappa shape index (κ1) is 9.55. The number of ether oxygens (including phenoxy) is 1. The van der Waals surface area contributed by atoms with Gasteiger partial charge in [0.15, 0.2) is 0 Å². The van der Waals surface area contributed by atoms with E-state index in [0.717, 1.165) is 10.2 Å². The number of hydrogen-bond donors (Lipinski definition) is 0.